The Morgan fingerprint density at radius 1 is 0.542 bits per heavy atom. The molecule has 0 rings (SSSR count). The van der Waals surface area contributed by atoms with Gasteiger partial charge < -0.3 is 44.0 Å². The fourth-order valence-corrected chi connectivity index (χ4v) is 1.38. The average molecular weight is 394 g/mol. The van der Waals surface area contributed by atoms with E-state index in [1.807, 2.05) is 13.8 Å². The highest BCUT2D eigenvalue weighted by Crippen LogP contribution is 2.08. The van der Waals surface area contributed by atoms with Crippen molar-refractivity contribution in [1.82, 2.24) is 0 Å². The Morgan fingerprint density at radius 3 is 0.792 bits per heavy atom. The van der Waals surface area contributed by atoms with Crippen LogP contribution in [0, 0.1) is 0 Å². The van der Waals surface area contributed by atoms with Gasteiger partial charge in [0.25, 0.3) is 0 Å². The smallest absolute Gasteiger partial charge is 0.0533 e. The maximum Gasteiger partial charge on any atom is -0.0533 e. The van der Waals surface area contributed by atoms with Gasteiger partial charge in [0.2, 0.25) is 0 Å². The second-order valence-electron chi connectivity index (χ2n) is 4.37. The van der Waals surface area contributed by atoms with Crippen LogP contribution in [0.25, 0.3) is 0 Å². The second kappa shape index (κ2) is 25.4. The van der Waals surface area contributed by atoms with Gasteiger partial charge in [0, 0.05) is 0 Å². The van der Waals surface area contributed by atoms with Crippen LogP contribution in [0.5, 0.6) is 0 Å². The first kappa shape index (κ1) is 35.3. The van der Waals surface area contributed by atoms with Crippen molar-refractivity contribution in [3.8, 4) is 0 Å². The third kappa shape index (κ3) is 149. The first-order valence-electron chi connectivity index (χ1n) is 7.87. The predicted octanol–water partition coefficient (Wildman–Crippen LogP) is -0.911. The van der Waals surface area contributed by atoms with E-state index in [1.54, 1.807) is 0 Å². The molecule has 0 aromatic rings. The van der Waals surface area contributed by atoms with Crippen molar-refractivity contribution >= 4 is 15.6 Å². The molecule has 0 saturated carbocycles. The van der Waals surface area contributed by atoms with E-state index in [0.717, 1.165) is 0 Å². The summed E-state index contributed by atoms with van der Waals surface area (Å²) in [5.41, 5.74) is 0. The van der Waals surface area contributed by atoms with Crippen LogP contribution >= 0.6 is 15.6 Å². The van der Waals surface area contributed by atoms with Crippen LogP contribution in [0.3, 0.4) is 0 Å². The van der Waals surface area contributed by atoms with Gasteiger partial charge >= 0.3 is 0 Å². The summed E-state index contributed by atoms with van der Waals surface area (Å²) in [6.07, 6.45) is 13.0. The molecule has 0 spiro atoms. The van der Waals surface area contributed by atoms with Crippen molar-refractivity contribution in [2.24, 2.45) is 0 Å². The molecule has 0 aromatic heterocycles. The minimum absolute atomic E-state index is 0. The average Bonchev–Trinajstić information content (AvgIpc) is 2.36. The molecule has 24 heavy (non-hydrogen) atoms. The summed E-state index contributed by atoms with van der Waals surface area (Å²) >= 11 is 0. The zero-order valence-corrected chi connectivity index (χ0v) is 16.8. The Kier molecular flexibility index (Phi) is 37.4. The van der Waals surface area contributed by atoms with Crippen LogP contribution < -0.4 is 29.4 Å². The Labute approximate surface area is 145 Å². The van der Waals surface area contributed by atoms with Crippen LogP contribution in [0.4, 0.5) is 0 Å². The molecule has 0 aromatic carbocycles. The van der Waals surface area contributed by atoms with Crippen LogP contribution in [-0.4, -0.2) is 5.48 Å². The fourth-order valence-electron chi connectivity index (χ4n) is 1.38. The van der Waals surface area contributed by atoms with E-state index in [-0.39, 0.29) is 5.48 Å². The SMILES string of the molecule is CC.CCCCCCCCCCC.O.O=P([O-])([O-])[O-].O=P([O-])([O-])[O-]. The van der Waals surface area contributed by atoms with Gasteiger partial charge in [0.1, 0.15) is 0 Å². The van der Waals surface area contributed by atoms with E-state index in [1.165, 1.54) is 57.8 Å². The molecule has 0 aliphatic rings. The van der Waals surface area contributed by atoms with E-state index >= 15 is 0 Å². The maximum atomic E-state index is 8.55. The Bertz CT molecular complexity index is 245. The monoisotopic (exact) mass is 394 g/mol. The van der Waals surface area contributed by atoms with Gasteiger partial charge in [-0.1, -0.05) is 85.5 Å². The minimum Gasteiger partial charge on any atom is -0.822 e. The van der Waals surface area contributed by atoms with E-state index in [9.17, 15) is 0 Å². The van der Waals surface area contributed by atoms with Gasteiger partial charge in [-0.25, -0.2) is 0 Å². The van der Waals surface area contributed by atoms with Crippen molar-refractivity contribution < 1.29 is 44.0 Å². The minimum atomic E-state index is -5.39. The van der Waals surface area contributed by atoms with Gasteiger partial charge in [-0.15, -0.1) is 0 Å². The first-order chi connectivity index (χ1) is 10.4. The quantitative estimate of drug-likeness (QED) is 0.371. The summed E-state index contributed by atoms with van der Waals surface area (Å²) in [7, 11) is -10.8. The lowest BCUT2D eigenvalue weighted by atomic mass is 10.1. The van der Waals surface area contributed by atoms with Gasteiger partial charge in [0.15, 0.2) is 0 Å². The summed E-state index contributed by atoms with van der Waals surface area (Å²) in [5.74, 6) is 0. The molecule has 0 amide bonds. The van der Waals surface area contributed by atoms with Crippen molar-refractivity contribution in [2.75, 3.05) is 0 Å². The summed E-state index contributed by atoms with van der Waals surface area (Å²) in [5, 5.41) is 0. The predicted molar refractivity (Wildman–Crippen MR) is 83.1 cm³/mol. The summed E-state index contributed by atoms with van der Waals surface area (Å²) in [4.78, 5) is 51.3. The standard InChI is InChI=1S/C11H24.C2H6.2H3O4P.H2O/c1-3-5-7-9-11-10-8-6-4-2;1-2;2*1-5(2,3)4;/h3-11H2,1-2H3;1-2H3;2*(H3,1,2,3,4);1H2/p-6. The van der Waals surface area contributed by atoms with E-state index in [0.29, 0.717) is 0 Å². The van der Waals surface area contributed by atoms with Crippen LogP contribution in [0.15, 0.2) is 0 Å². The largest absolute Gasteiger partial charge is 0.822 e. The van der Waals surface area contributed by atoms with Gasteiger partial charge in [-0.3, -0.25) is 0 Å². The summed E-state index contributed by atoms with van der Waals surface area (Å²) < 4.78 is 17.1. The van der Waals surface area contributed by atoms with E-state index in [2.05, 4.69) is 13.8 Å². The van der Waals surface area contributed by atoms with Crippen LogP contribution in [0.1, 0.15) is 85.5 Å². The Hall–Kier alpha value is 0.180. The molecule has 0 aliphatic heterocycles. The third-order valence-corrected chi connectivity index (χ3v) is 2.21. The lowest BCUT2D eigenvalue weighted by Gasteiger charge is -2.36. The van der Waals surface area contributed by atoms with E-state index < -0.39 is 15.6 Å². The molecule has 0 heterocycles. The normalized spacial score (nSPS) is 9.92. The molecule has 9 nitrogen and oxygen atoms in total. The second-order valence-corrected chi connectivity index (χ2v) is 6.16. The molecular weight excluding hydrogens is 362 g/mol. The van der Waals surface area contributed by atoms with E-state index in [4.69, 9.17) is 38.5 Å². The number of hydrogen-bond acceptors (Lipinski definition) is 8. The number of unbranched alkanes of at least 4 members (excludes halogenated alkanes) is 8. The van der Waals surface area contributed by atoms with Crippen molar-refractivity contribution in [3.63, 3.8) is 0 Å². The zero-order chi connectivity index (χ0) is 19.4. The van der Waals surface area contributed by atoms with Gasteiger partial charge in [0.05, 0.1) is 0 Å². The zero-order valence-electron chi connectivity index (χ0n) is 15.0. The van der Waals surface area contributed by atoms with Gasteiger partial charge in [-0.2, -0.15) is 15.6 Å². The van der Waals surface area contributed by atoms with Gasteiger partial charge in [-0.05, 0) is 0 Å². The molecule has 0 atom stereocenters. The topological polar surface area (TPSA) is 204 Å². The molecular formula is C13H32O9P2-6. The Morgan fingerprint density at radius 2 is 0.667 bits per heavy atom. The molecule has 0 fully saturated rings. The van der Waals surface area contributed by atoms with Crippen molar-refractivity contribution in [1.29, 1.82) is 0 Å². The molecule has 0 saturated heterocycles. The van der Waals surface area contributed by atoms with Crippen LogP contribution in [0.2, 0.25) is 0 Å². The lowest BCUT2D eigenvalue weighted by molar-refractivity contribution is -0.434. The molecule has 0 radical (unpaired) electrons. The maximum absolute atomic E-state index is 8.55. The number of hydrogen-bond donors (Lipinski definition) is 0. The fraction of sp³-hybridized carbons (Fsp3) is 1.00. The van der Waals surface area contributed by atoms with Crippen molar-refractivity contribution in [3.05, 3.63) is 0 Å². The molecule has 0 aliphatic carbocycles. The summed E-state index contributed by atoms with van der Waals surface area (Å²) in [6.45, 7) is 8.55. The highest BCUT2D eigenvalue weighted by atomic mass is 31.2. The molecule has 154 valence electrons. The molecule has 2 N–H and O–H groups in total. The van der Waals surface area contributed by atoms with Crippen LogP contribution in [-0.2, 0) is 9.13 Å². The number of rotatable bonds is 8. The number of phosphoric acid groups is 2. The highest BCUT2D eigenvalue weighted by Gasteiger charge is 1.88. The molecule has 0 unspecified atom stereocenters. The molecule has 0 bridgehead atoms. The third-order valence-electron chi connectivity index (χ3n) is 2.21. The highest BCUT2D eigenvalue weighted by molar-refractivity contribution is 7.40. The first-order valence-corrected chi connectivity index (χ1v) is 10.8. The van der Waals surface area contributed by atoms with Crippen molar-refractivity contribution in [2.45, 2.75) is 85.5 Å². The Balaban J connectivity index is -0.0000000783. The lowest BCUT2D eigenvalue weighted by Crippen LogP contribution is -2.24. The summed E-state index contributed by atoms with van der Waals surface area (Å²) in [6, 6.07) is 0. The molecule has 11 heteroatoms.